The SMILES string of the molecule is CCc1ccc(C(=O)c2ccc(OC(C)C)cc2)s1. The zero-order valence-electron chi connectivity index (χ0n) is 11.5. The first-order valence-electron chi connectivity index (χ1n) is 6.50. The number of carbonyl (C=O) groups excluding carboxylic acids is 1. The van der Waals surface area contributed by atoms with E-state index < -0.39 is 0 Å². The van der Waals surface area contributed by atoms with Crippen molar-refractivity contribution >= 4 is 17.1 Å². The third-order valence-electron chi connectivity index (χ3n) is 2.72. The van der Waals surface area contributed by atoms with E-state index in [2.05, 4.69) is 6.92 Å². The van der Waals surface area contributed by atoms with Crippen LogP contribution in [-0.2, 0) is 6.42 Å². The van der Waals surface area contributed by atoms with E-state index in [-0.39, 0.29) is 11.9 Å². The summed E-state index contributed by atoms with van der Waals surface area (Å²) in [6.07, 6.45) is 1.12. The van der Waals surface area contributed by atoms with Crippen LogP contribution in [0.4, 0.5) is 0 Å². The fourth-order valence-corrected chi connectivity index (χ4v) is 2.70. The van der Waals surface area contributed by atoms with E-state index in [9.17, 15) is 4.79 Å². The summed E-state index contributed by atoms with van der Waals surface area (Å²) in [5.41, 5.74) is 0.709. The first-order chi connectivity index (χ1) is 9.10. The number of hydrogen-bond donors (Lipinski definition) is 0. The summed E-state index contributed by atoms with van der Waals surface area (Å²) >= 11 is 1.57. The zero-order chi connectivity index (χ0) is 13.8. The predicted molar refractivity (Wildman–Crippen MR) is 79.3 cm³/mol. The standard InChI is InChI=1S/C16H18O2S/c1-4-14-9-10-15(19-14)16(17)12-5-7-13(8-6-12)18-11(2)3/h5-11H,4H2,1-3H3. The largest absolute Gasteiger partial charge is 0.491 e. The molecule has 3 heteroatoms. The van der Waals surface area contributed by atoms with Crippen LogP contribution in [-0.4, -0.2) is 11.9 Å². The van der Waals surface area contributed by atoms with E-state index in [0.29, 0.717) is 5.56 Å². The first-order valence-corrected chi connectivity index (χ1v) is 7.32. The Morgan fingerprint density at radius 1 is 1.16 bits per heavy atom. The lowest BCUT2D eigenvalue weighted by Gasteiger charge is -2.09. The molecule has 100 valence electrons. The highest BCUT2D eigenvalue weighted by molar-refractivity contribution is 7.14. The summed E-state index contributed by atoms with van der Waals surface area (Å²) in [6, 6.07) is 11.3. The van der Waals surface area contributed by atoms with Crippen LogP contribution in [0.25, 0.3) is 0 Å². The number of ether oxygens (including phenoxy) is 1. The molecule has 0 radical (unpaired) electrons. The molecule has 0 aliphatic rings. The van der Waals surface area contributed by atoms with Crippen LogP contribution in [0.3, 0.4) is 0 Å². The minimum Gasteiger partial charge on any atom is -0.491 e. The van der Waals surface area contributed by atoms with E-state index in [1.165, 1.54) is 4.88 Å². The molecule has 0 saturated heterocycles. The quantitative estimate of drug-likeness (QED) is 0.759. The highest BCUT2D eigenvalue weighted by Crippen LogP contribution is 2.22. The van der Waals surface area contributed by atoms with E-state index in [1.54, 1.807) is 11.3 Å². The van der Waals surface area contributed by atoms with Crippen molar-refractivity contribution in [2.45, 2.75) is 33.3 Å². The molecule has 0 unspecified atom stereocenters. The molecular formula is C16H18O2S. The van der Waals surface area contributed by atoms with E-state index in [0.717, 1.165) is 17.0 Å². The zero-order valence-corrected chi connectivity index (χ0v) is 12.3. The van der Waals surface area contributed by atoms with Gasteiger partial charge in [0.2, 0.25) is 5.78 Å². The second-order valence-electron chi connectivity index (χ2n) is 4.64. The molecule has 2 aromatic rings. The predicted octanol–water partition coefficient (Wildman–Crippen LogP) is 4.33. The Morgan fingerprint density at radius 3 is 2.37 bits per heavy atom. The minimum atomic E-state index is 0.0841. The molecule has 0 saturated carbocycles. The van der Waals surface area contributed by atoms with Crippen molar-refractivity contribution in [1.29, 1.82) is 0 Å². The molecule has 1 aromatic carbocycles. The Morgan fingerprint density at radius 2 is 1.84 bits per heavy atom. The smallest absolute Gasteiger partial charge is 0.202 e. The molecule has 2 rings (SSSR count). The van der Waals surface area contributed by atoms with Crippen molar-refractivity contribution in [3.63, 3.8) is 0 Å². The lowest BCUT2D eigenvalue weighted by atomic mass is 10.1. The fraction of sp³-hybridized carbons (Fsp3) is 0.312. The maximum absolute atomic E-state index is 12.3. The van der Waals surface area contributed by atoms with Gasteiger partial charge in [0.05, 0.1) is 11.0 Å². The molecular weight excluding hydrogens is 256 g/mol. The number of aryl methyl sites for hydroxylation is 1. The van der Waals surface area contributed by atoms with Crippen LogP contribution in [0.5, 0.6) is 5.75 Å². The summed E-state index contributed by atoms with van der Waals surface area (Å²) in [6.45, 7) is 6.06. The van der Waals surface area contributed by atoms with Gasteiger partial charge >= 0.3 is 0 Å². The van der Waals surface area contributed by atoms with Gasteiger partial charge in [0.1, 0.15) is 5.75 Å². The molecule has 2 nitrogen and oxygen atoms in total. The fourth-order valence-electron chi connectivity index (χ4n) is 1.79. The second kappa shape index (κ2) is 6.02. The lowest BCUT2D eigenvalue weighted by Crippen LogP contribution is -2.06. The van der Waals surface area contributed by atoms with Gasteiger partial charge in [-0.3, -0.25) is 4.79 Å². The topological polar surface area (TPSA) is 26.3 Å². The molecule has 0 fully saturated rings. The van der Waals surface area contributed by atoms with Crippen molar-refractivity contribution in [1.82, 2.24) is 0 Å². The average Bonchev–Trinajstić information content (AvgIpc) is 2.87. The van der Waals surface area contributed by atoms with Gasteiger partial charge in [-0.25, -0.2) is 0 Å². The van der Waals surface area contributed by atoms with Crippen LogP contribution in [0, 0.1) is 0 Å². The number of ketones is 1. The van der Waals surface area contributed by atoms with Gasteiger partial charge < -0.3 is 4.74 Å². The highest BCUT2D eigenvalue weighted by Gasteiger charge is 2.11. The minimum absolute atomic E-state index is 0.0841. The summed E-state index contributed by atoms with van der Waals surface area (Å²) in [5, 5.41) is 0. The summed E-state index contributed by atoms with van der Waals surface area (Å²) < 4.78 is 5.57. The van der Waals surface area contributed by atoms with Crippen molar-refractivity contribution in [2.75, 3.05) is 0 Å². The third-order valence-corrected chi connectivity index (χ3v) is 3.95. The molecule has 0 amide bonds. The molecule has 0 aliphatic carbocycles. The maximum atomic E-state index is 12.3. The van der Waals surface area contributed by atoms with Crippen molar-refractivity contribution in [2.24, 2.45) is 0 Å². The van der Waals surface area contributed by atoms with Crippen LogP contribution in [0.1, 0.15) is 40.9 Å². The Hall–Kier alpha value is -1.61. The molecule has 1 aromatic heterocycles. The second-order valence-corrected chi connectivity index (χ2v) is 5.81. The first kappa shape index (κ1) is 13.8. The summed E-state index contributed by atoms with van der Waals surface area (Å²) in [4.78, 5) is 14.3. The van der Waals surface area contributed by atoms with Crippen molar-refractivity contribution in [3.8, 4) is 5.75 Å². The molecule has 0 bridgehead atoms. The lowest BCUT2D eigenvalue weighted by molar-refractivity contribution is 0.104. The monoisotopic (exact) mass is 274 g/mol. The van der Waals surface area contributed by atoms with Gasteiger partial charge in [0.15, 0.2) is 0 Å². The van der Waals surface area contributed by atoms with Gasteiger partial charge in [0, 0.05) is 10.4 Å². The Bertz CT molecular complexity index is 552. The number of thiophene rings is 1. The van der Waals surface area contributed by atoms with Gasteiger partial charge in [0.25, 0.3) is 0 Å². The van der Waals surface area contributed by atoms with Crippen LogP contribution in [0.15, 0.2) is 36.4 Å². The molecule has 1 heterocycles. The summed E-state index contributed by atoms with van der Waals surface area (Å²) in [7, 11) is 0. The Balaban J connectivity index is 2.15. The molecule has 0 aliphatic heterocycles. The van der Waals surface area contributed by atoms with Gasteiger partial charge in [-0.05, 0) is 56.7 Å². The maximum Gasteiger partial charge on any atom is 0.202 e. The number of rotatable bonds is 5. The van der Waals surface area contributed by atoms with Gasteiger partial charge in [-0.2, -0.15) is 0 Å². The van der Waals surface area contributed by atoms with Crippen molar-refractivity contribution in [3.05, 3.63) is 51.7 Å². The molecule has 0 spiro atoms. The Labute approximate surface area is 118 Å². The molecule has 0 N–H and O–H groups in total. The van der Waals surface area contributed by atoms with E-state index in [4.69, 9.17) is 4.74 Å². The third kappa shape index (κ3) is 3.44. The average molecular weight is 274 g/mol. The van der Waals surface area contributed by atoms with Crippen LogP contribution in [0.2, 0.25) is 0 Å². The van der Waals surface area contributed by atoms with E-state index >= 15 is 0 Å². The summed E-state index contributed by atoms with van der Waals surface area (Å²) in [5.74, 6) is 0.882. The Kier molecular flexibility index (Phi) is 4.38. The normalized spacial score (nSPS) is 10.7. The van der Waals surface area contributed by atoms with E-state index in [1.807, 2.05) is 50.2 Å². The number of benzene rings is 1. The van der Waals surface area contributed by atoms with Crippen LogP contribution < -0.4 is 4.74 Å². The van der Waals surface area contributed by atoms with Gasteiger partial charge in [-0.15, -0.1) is 11.3 Å². The number of carbonyl (C=O) groups is 1. The number of hydrogen-bond acceptors (Lipinski definition) is 3. The van der Waals surface area contributed by atoms with Gasteiger partial charge in [-0.1, -0.05) is 6.92 Å². The van der Waals surface area contributed by atoms with Crippen molar-refractivity contribution < 1.29 is 9.53 Å². The van der Waals surface area contributed by atoms with Crippen LogP contribution >= 0.6 is 11.3 Å². The highest BCUT2D eigenvalue weighted by atomic mass is 32.1. The molecule has 0 atom stereocenters. The molecule has 19 heavy (non-hydrogen) atoms.